The molecule has 3 rings (SSSR count). The summed E-state index contributed by atoms with van der Waals surface area (Å²) in [5.74, 6) is 0.576. The zero-order chi connectivity index (χ0) is 10.3. The average Bonchev–Trinajstić information content (AvgIpc) is 3.03. The van der Waals surface area contributed by atoms with Crippen molar-refractivity contribution in [2.45, 2.75) is 51.0 Å². The third-order valence-corrected chi connectivity index (χ3v) is 4.93. The van der Waals surface area contributed by atoms with Gasteiger partial charge in [0.25, 0.3) is 0 Å². The Morgan fingerprint density at radius 2 is 2.00 bits per heavy atom. The highest BCUT2D eigenvalue weighted by molar-refractivity contribution is 7.12. The van der Waals surface area contributed by atoms with Gasteiger partial charge < -0.3 is 5.11 Å². The minimum absolute atomic E-state index is 0.151. The first-order valence-corrected chi connectivity index (χ1v) is 6.96. The molecule has 0 bridgehead atoms. The maximum atomic E-state index is 10.1. The summed E-state index contributed by atoms with van der Waals surface area (Å²) in [5, 5.41) is 10.1. The van der Waals surface area contributed by atoms with Crippen molar-refractivity contribution in [3.05, 3.63) is 21.4 Å². The van der Waals surface area contributed by atoms with E-state index in [4.69, 9.17) is 0 Å². The molecular formula is C13H18OS. The molecule has 1 atom stereocenters. The molecule has 2 aliphatic carbocycles. The predicted molar refractivity (Wildman–Crippen MR) is 63.3 cm³/mol. The normalized spacial score (nSPS) is 23.3. The summed E-state index contributed by atoms with van der Waals surface area (Å²) in [5.41, 5.74) is 1.53. The second kappa shape index (κ2) is 3.91. The van der Waals surface area contributed by atoms with Crippen LogP contribution in [0.1, 0.15) is 53.5 Å². The minimum Gasteiger partial charge on any atom is -0.387 e. The number of rotatable bonds is 2. The Morgan fingerprint density at radius 1 is 1.20 bits per heavy atom. The Hall–Kier alpha value is -0.340. The first kappa shape index (κ1) is 9.86. The molecule has 1 heterocycles. The SMILES string of the molecule is OC(c1cc2c(s1)CCCCC2)C1CC1. The quantitative estimate of drug-likeness (QED) is 0.760. The van der Waals surface area contributed by atoms with E-state index in [-0.39, 0.29) is 6.10 Å². The third kappa shape index (κ3) is 1.98. The van der Waals surface area contributed by atoms with E-state index < -0.39 is 0 Å². The van der Waals surface area contributed by atoms with Gasteiger partial charge in [0, 0.05) is 9.75 Å². The van der Waals surface area contributed by atoms with Crippen LogP contribution < -0.4 is 0 Å². The molecule has 1 unspecified atom stereocenters. The number of aliphatic hydroxyl groups excluding tert-OH is 1. The van der Waals surface area contributed by atoms with Crippen LogP contribution in [-0.4, -0.2) is 5.11 Å². The van der Waals surface area contributed by atoms with Crippen molar-refractivity contribution in [3.8, 4) is 0 Å². The zero-order valence-corrected chi connectivity index (χ0v) is 9.85. The van der Waals surface area contributed by atoms with Gasteiger partial charge in [-0.3, -0.25) is 0 Å². The van der Waals surface area contributed by atoms with Crippen LogP contribution in [0.4, 0.5) is 0 Å². The summed E-state index contributed by atoms with van der Waals surface area (Å²) in [4.78, 5) is 2.80. The number of thiophene rings is 1. The molecule has 0 aliphatic heterocycles. The number of fused-ring (bicyclic) bond motifs is 1. The fourth-order valence-electron chi connectivity index (χ4n) is 2.48. The van der Waals surface area contributed by atoms with Gasteiger partial charge in [0.2, 0.25) is 0 Å². The molecule has 1 nitrogen and oxygen atoms in total. The summed E-state index contributed by atoms with van der Waals surface area (Å²) >= 11 is 1.88. The summed E-state index contributed by atoms with van der Waals surface area (Å²) < 4.78 is 0. The lowest BCUT2D eigenvalue weighted by atomic mass is 10.1. The van der Waals surface area contributed by atoms with Gasteiger partial charge in [0.1, 0.15) is 0 Å². The van der Waals surface area contributed by atoms with Gasteiger partial charge >= 0.3 is 0 Å². The Kier molecular flexibility index (Phi) is 2.57. The fraction of sp³-hybridized carbons (Fsp3) is 0.692. The van der Waals surface area contributed by atoms with Crippen LogP contribution in [0.5, 0.6) is 0 Å². The molecule has 1 aromatic heterocycles. The zero-order valence-electron chi connectivity index (χ0n) is 9.04. The standard InChI is InChI=1S/C13H18OS/c14-13(9-6-7-9)12-8-10-4-2-1-3-5-11(10)15-12/h8-9,13-14H,1-7H2. The van der Waals surface area contributed by atoms with Gasteiger partial charge in [-0.25, -0.2) is 0 Å². The van der Waals surface area contributed by atoms with Crippen molar-refractivity contribution in [2.24, 2.45) is 5.92 Å². The monoisotopic (exact) mass is 222 g/mol. The van der Waals surface area contributed by atoms with E-state index in [0.29, 0.717) is 5.92 Å². The van der Waals surface area contributed by atoms with Crippen molar-refractivity contribution < 1.29 is 5.11 Å². The lowest BCUT2D eigenvalue weighted by molar-refractivity contribution is 0.157. The van der Waals surface area contributed by atoms with Crippen LogP contribution in [0.25, 0.3) is 0 Å². The van der Waals surface area contributed by atoms with Gasteiger partial charge in [-0.2, -0.15) is 0 Å². The Morgan fingerprint density at radius 3 is 2.80 bits per heavy atom. The molecule has 1 fully saturated rings. The van der Waals surface area contributed by atoms with Crippen molar-refractivity contribution in [1.29, 1.82) is 0 Å². The number of aryl methyl sites for hydroxylation is 2. The van der Waals surface area contributed by atoms with E-state index in [1.165, 1.54) is 55.4 Å². The van der Waals surface area contributed by atoms with E-state index in [1.807, 2.05) is 11.3 Å². The second-order valence-electron chi connectivity index (χ2n) is 4.94. The highest BCUT2D eigenvalue weighted by Gasteiger charge is 2.32. The van der Waals surface area contributed by atoms with Crippen LogP contribution in [0, 0.1) is 5.92 Å². The topological polar surface area (TPSA) is 20.2 Å². The number of hydrogen-bond acceptors (Lipinski definition) is 2. The van der Waals surface area contributed by atoms with Crippen molar-refractivity contribution in [3.63, 3.8) is 0 Å². The molecule has 82 valence electrons. The van der Waals surface area contributed by atoms with Gasteiger partial charge in [-0.15, -0.1) is 11.3 Å². The molecule has 1 saturated carbocycles. The molecule has 0 amide bonds. The minimum atomic E-state index is -0.151. The van der Waals surface area contributed by atoms with Gasteiger partial charge in [0.15, 0.2) is 0 Å². The molecule has 1 N–H and O–H groups in total. The molecular weight excluding hydrogens is 204 g/mol. The lowest BCUT2D eigenvalue weighted by Gasteiger charge is -2.05. The van der Waals surface area contributed by atoms with E-state index in [2.05, 4.69) is 6.07 Å². The predicted octanol–water partition coefficient (Wildman–Crippen LogP) is 3.46. The number of aliphatic hydroxyl groups is 1. The van der Waals surface area contributed by atoms with E-state index >= 15 is 0 Å². The van der Waals surface area contributed by atoms with Crippen LogP contribution in [0.15, 0.2) is 6.07 Å². The maximum absolute atomic E-state index is 10.1. The van der Waals surface area contributed by atoms with Crippen molar-refractivity contribution in [1.82, 2.24) is 0 Å². The summed E-state index contributed by atoms with van der Waals surface area (Å²) in [6.45, 7) is 0. The molecule has 15 heavy (non-hydrogen) atoms. The van der Waals surface area contributed by atoms with E-state index in [0.717, 1.165) is 0 Å². The molecule has 2 aliphatic rings. The van der Waals surface area contributed by atoms with E-state index in [1.54, 1.807) is 4.88 Å². The molecule has 0 saturated heterocycles. The summed E-state index contributed by atoms with van der Waals surface area (Å²) in [7, 11) is 0. The largest absolute Gasteiger partial charge is 0.387 e. The van der Waals surface area contributed by atoms with Crippen LogP contribution >= 0.6 is 11.3 Å². The Balaban J connectivity index is 1.84. The summed E-state index contributed by atoms with van der Waals surface area (Å²) in [6, 6.07) is 2.29. The lowest BCUT2D eigenvalue weighted by Crippen LogP contribution is -1.95. The molecule has 1 aromatic rings. The highest BCUT2D eigenvalue weighted by atomic mass is 32.1. The smallest absolute Gasteiger partial charge is 0.0910 e. The van der Waals surface area contributed by atoms with E-state index in [9.17, 15) is 5.11 Å². The average molecular weight is 222 g/mol. The van der Waals surface area contributed by atoms with Gasteiger partial charge in [0.05, 0.1) is 6.10 Å². The maximum Gasteiger partial charge on any atom is 0.0910 e. The van der Waals surface area contributed by atoms with Gasteiger partial charge in [-0.1, -0.05) is 6.42 Å². The summed E-state index contributed by atoms with van der Waals surface area (Å²) in [6.07, 6.45) is 8.84. The van der Waals surface area contributed by atoms with Crippen LogP contribution in [-0.2, 0) is 12.8 Å². The second-order valence-corrected chi connectivity index (χ2v) is 6.11. The fourth-order valence-corrected chi connectivity index (χ4v) is 3.82. The highest BCUT2D eigenvalue weighted by Crippen LogP contribution is 2.44. The van der Waals surface area contributed by atoms with Crippen molar-refractivity contribution in [2.75, 3.05) is 0 Å². The van der Waals surface area contributed by atoms with Gasteiger partial charge in [-0.05, 0) is 56.1 Å². The molecule has 0 spiro atoms. The Bertz CT molecular complexity index is 328. The first-order valence-electron chi connectivity index (χ1n) is 6.14. The third-order valence-electron chi connectivity index (χ3n) is 3.63. The van der Waals surface area contributed by atoms with Crippen LogP contribution in [0.3, 0.4) is 0 Å². The molecule has 0 radical (unpaired) electrons. The number of hydrogen-bond donors (Lipinski definition) is 1. The van der Waals surface area contributed by atoms with Crippen molar-refractivity contribution >= 4 is 11.3 Å². The first-order chi connectivity index (χ1) is 7.34. The molecule has 0 aromatic carbocycles. The van der Waals surface area contributed by atoms with Crippen LogP contribution in [0.2, 0.25) is 0 Å². The molecule has 2 heteroatoms. The Labute approximate surface area is 95.1 Å².